The first kappa shape index (κ1) is 12.0. The predicted molar refractivity (Wildman–Crippen MR) is 62.6 cm³/mol. The topological polar surface area (TPSA) is 15.3 Å². The normalized spacial score (nSPS) is 28.7. The molecule has 1 N–H and O–H groups in total. The number of nitrogens with zero attached hydrogens (tertiary/aromatic N) is 1. The second-order valence-electron chi connectivity index (χ2n) is 5.34. The fraction of sp³-hybridized carbons (Fsp3) is 1.00. The Morgan fingerprint density at radius 3 is 2.50 bits per heavy atom. The van der Waals surface area contributed by atoms with Crippen molar-refractivity contribution in [2.45, 2.75) is 52.1 Å². The molecule has 2 nitrogen and oxygen atoms in total. The third kappa shape index (κ3) is 2.71. The Balaban J connectivity index is 2.43. The summed E-state index contributed by atoms with van der Waals surface area (Å²) in [7, 11) is 2.26. The highest BCUT2D eigenvalue weighted by molar-refractivity contribution is 4.86. The van der Waals surface area contributed by atoms with Crippen molar-refractivity contribution in [1.82, 2.24) is 10.2 Å². The summed E-state index contributed by atoms with van der Waals surface area (Å²) >= 11 is 0. The minimum Gasteiger partial charge on any atom is -0.314 e. The number of hydrogen-bond acceptors (Lipinski definition) is 2. The molecule has 1 heterocycles. The molecule has 0 aliphatic carbocycles. The van der Waals surface area contributed by atoms with Crippen LogP contribution in [-0.2, 0) is 0 Å². The summed E-state index contributed by atoms with van der Waals surface area (Å²) in [6, 6.07) is 0.699. The summed E-state index contributed by atoms with van der Waals surface area (Å²) < 4.78 is 0. The standard InChI is InChI=1S/C12H26N2/c1-6-12(3,4)14(5)9-11-7-8-13-10(11)2/h10-11,13H,6-9H2,1-5H3. The Morgan fingerprint density at radius 2 is 2.07 bits per heavy atom. The molecule has 84 valence electrons. The molecular formula is C12H26N2. The van der Waals surface area contributed by atoms with Gasteiger partial charge in [-0.2, -0.15) is 0 Å². The Labute approximate surface area is 89.1 Å². The van der Waals surface area contributed by atoms with Crippen LogP contribution in [0.4, 0.5) is 0 Å². The maximum Gasteiger partial charge on any atom is 0.0147 e. The van der Waals surface area contributed by atoms with Crippen molar-refractivity contribution in [3.05, 3.63) is 0 Å². The molecule has 1 aliphatic rings. The maximum atomic E-state index is 3.52. The zero-order valence-electron chi connectivity index (χ0n) is 10.4. The van der Waals surface area contributed by atoms with Crippen LogP contribution in [0.3, 0.4) is 0 Å². The van der Waals surface area contributed by atoms with Gasteiger partial charge in [-0.1, -0.05) is 6.92 Å². The fourth-order valence-electron chi connectivity index (χ4n) is 2.03. The van der Waals surface area contributed by atoms with Crippen LogP contribution in [-0.4, -0.2) is 36.6 Å². The molecule has 1 rings (SSSR count). The number of hydrogen-bond donors (Lipinski definition) is 1. The van der Waals surface area contributed by atoms with E-state index in [9.17, 15) is 0 Å². The molecule has 0 aromatic rings. The van der Waals surface area contributed by atoms with Crippen LogP contribution in [0.5, 0.6) is 0 Å². The van der Waals surface area contributed by atoms with Crippen molar-refractivity contribution in [1.29, 1.82) is 0 Å². The molecule has 0 aromatic carbocycles. The lowest BCUT2D eigenvalue weighted by atomic mass is 9.95. The molecule has 1 aliphatic heterocycles. The van der Waals surface area contributed by atoms with E-state index in [0.29, 0.717) is 11.6 Å². The molecule has 0 radical (unpaired) electrons. The largest absolute Gasteiger partial charge is 0.314 e. The fourth-order valence-corrected chi connectivity index (χ4v) is 2.03. The van der Waals surface area contributed by atoms with Crippen LogP contribution < -0.4 is 5.32 Å². The monoisotopic (exact) mass is 198 g/mol. The molecule has 1 fully saturated rings. The Bertz CT molecular complexity index is 177. The lowest BCUT2D eigenvalue weighted by molar-refractivity contribution is 0.125. The van der Waals surface area contributed by atoms with Crippen molar-refractivity contribution in [2.75, 3.05) is 20.1 Å². The average molecular weight is 198 g/mol. The zero-order chi connectivity index (χ0) is 10.8. The van der Waals surface area contributed by atoms with Crippen molar-refractivity contribution in [2.24, 2.45) is 5.92 Å². The van der Waals surface area contributed by atoms with Gasteiger partial charge in [0.15, 0.2) is 0 Å². The van der Waals surface area contributed by atoms with Gasteiger partial charge in [0.25, 0.3) is 0 Å². The van der Waals surface area contributed by atoms with Gasteiger partial charge in [0.2, 0.25) is 0 Å². The summed E-state index contributed by atoms with van der Waals surface area (Å²) in [5, 5.41) is 3.52. The van der Waals surface area contributed by atoms with E-state index in [1.807, 2.05) is 0 Å². The van der Waals surface area contributed by atoms with E-state index in [4.69, 9.17) is 0 Å². The SMILES string of the molecule is CCC(C)(C)N(C)CC1CCNC1C. The first-order valence-corrected chi connectivity index (χ1v) is 5.92. The molecule has 2 unspecified atom stereocenters. The van der Waals surface area contributed by atoms with Crippen molar-refractivity contribution < 1.29 is 0 Å². The van der Waals surface area contributed by atoms with Gasteiger partial charge in [0, 0.05) is 18.1 Å². The Morgan fingerprint density at radius 1 is 1.43 bits per heavy atom. The quantitative estimate of drug-likeness (QED) is 0.744. The van der Waals surface area contributed by atoms with Crippen LogP contribution in [0.2, 0.25) is 0 Å². The van der Waals surface area contributed by atoms with Gasteiger partial charge in [0.1, 0.15) is 0 Å². The van der Waals surface area contributed by atoms with Crippen molar-refractivity contribution >= 4 is 0 Å². The smallest absolute Gasteiger partial charge is 0.0147 e. The molecule has 0 spiro atoms. The van der Waals surface area contributed by atoms with Gasteiger partial charge in [-0.15, -0.1) is 0 Å². The molecule has 14 heavy (non-hydrogen) atoms. The molecule has 0 amide bonds. The second-order valence-corrected chi connectivity index (χ2v) is 5.34. The van der Waals surface area contributed by atoms with Crippen LogP contribution in [0.1, 0.15) is 40.5 Å². The summed E-state index contributed by atoms with van der Waals surface area (Å²) in [6.45, 7) is 11.7. The van der Waals surface area contributed by atoms with E-state index < -0.39 is 0 Å². The van der Waals surface area contributed by atoms with Gasteiger partial charge >= 0.3 is 0 Å². The minimum atomic E-state index is 0.350. The van der Waals surface area contributed by atoms with E-state index in [1.54, 1.807) is 0 Å². The molecule has 0 aromatic heterocycles. The lowest BCUT2D eigenvalue weighted by Crippen LogP contribution is -2.44. The van der Waals surface area contributed by atoms with Crippen LogP contribution in [0.15, 0.2) is 0 Å². The molecule has 0 saturated carbocycles. The van der Waals surface area contributed by atoms with Gasteiger partial charge in [-0.3, -0.25) is 0 Å². The third-order valence-electron chi connectivity index (χ3n) is 4.10. The van der Waals surface area contributed by atoms with E-state index in [1.165, 1.54) is 25.9 Å². The first-order chi connectivity index (χ1) is 6.47. The van der Waals surface area contributed by atoms with Crippen LogP contribution in [0.25, 0.3) is 0 Å². The molecule has 2 atom stereocenters. The van der Waals surface area contributed by atoms with E-state index in [-0.39, 0.29) is 0 Å². The third-order valence-corrected chi connectivity index (χ3v) is 4.10. The second kappa shape index (κ2) is 4.63. The van der Waals surface area contributed by atoms with Crippen molar-refractivity contribution in [3.8, 4) is 0 Å². The molecule has 0 bridgehead atoms. The zero-order valence-corrected chi connectivity index (χ0v) is 10.4. The number of nitrogens with one attached hydrogen (secondary N) is 1. The molecule has 1 saturated heterocycles. The average Bonchev–Trinajstić information content (AvgIpc) is 2.52. The lowest BCUT2D eigenvalue weighted by Gasteiger charge is -2.37. The highest BCUT2D eigenvalue weighted by Gasteiger charge is 2.28. The number of rotatable bonds is 4. The van der Waals surface area contributed by atoms with Gasteiger partial charge in [0.05, 0.1) is 0 Å². The highest BCUT2D eigenvalue weighted by Crippen LogP contribution is 2.22. The van der Waals surface area contributed by atoms with E-state index >= 15 is 0 Å². The minimum absolute atomic E-state index is 0.350. The predicted octanol–water partition coefficient (Wildman–Crippen LogP) is 2.10. The maximum absolute atomic E-state index is 3.52. The van der Waals surface area contributed by atoms with E-state index in [0.717, 1.165) is 5.92 Å². The van der Waals surface area contributed by atoms with Crippen LogP contribution >= 0.6 is 0 Å². The summed E-state index contributed by atoms with van der Waals surface area (Å²) in [5.74, 6) is 0.839. The first-order valence-electron chi connectivity index (χ1n) is 5.92. The van der Waals surface area contributed by atoms with Crippen molar-refractivity contribution in [3.63, 3.8) is 0 Å². The summed E-state index contributed by atoms with van der Waals surface area (Å²) in [4.78, 5) is 2.52. The molecule has 2 heteroatoms. The molecular weight excluding hydrogens is 172 g/mol. The Kier molecular flexibility index (Phi) is 3.96. The van der Waals surface area contributed by atoms with Crippen LogP contribution in [0, 0.1) is 5.92 Å². The highest BCUT2D eigenvalue weighted by atomic mass is 15.2. The van der Waals surface area contributed by atoms with Gasteiger partial charge in [-0.05, 0) is 53.1 Å². The Hall–Kier alpha value is -0.0800. The summed E-state index contributed by atoms with van der Waals surface area (Å²) in [5.41, 5.74) is 0.350. The van der Waals surface area contributed by atoms with E-state index in [2.05, 4.69) is 45.0 Å². The van der Waals surface area contributed by atoms with Gasteiger partial charge in [-0.25, -0.2) is 0 Å². The summed E-state index contributed by atoms with van der Waals surface area (Å²) in [6.07, 6.45) is 2.56. The van der Waals surface area contributed by atoms with Gasteiger partial charge < -0.3 is 10.2 Å².